The first-order valence-electron chi connectivity index (χ1n) is 6.62. The van der Waals surface area contributed by atoms with Gasteiger partial charge in [0.1, 0.15) is 29.6 Å². The van der Waals surface area contributed by atoms with Crippen LogP contribution in [-0.2, 0) is 4.74 Å². The number of aliphatic hydroxyl groups is 4. The van der Waals surface area contributed by atoms with Crippen LogP contribution < -0.4 is 0 Å². The van der Waals surface area contributed by atoms with Crippen LogP contribution in [0.25, 0.3) is 0 Å². The van der Waals surface area contributed by atoms with Gasteiger partial charge in [-0.25, -0.2) is 4.79 Å². The van der Waals surface area contributed by atoms with E-state index in [1.54, 1.807) is 0 Å². The molecule has 0 aliphatic carbocycles. The molecule has 10 heteroatoms. The number of nitrogens with zero attached hydrogens (tertiary/aromatic N) is 2. The number of aliphatic hydroxyl groups excluding tert-OH is 4. The molecule has 5 atom stereocenters. The van der Waals surface area contributed by atoms with E-state index < -0.39 is 49.0 Å². The lowest BCUT2D eigenvalue weighted by atomic mass is 9.98. The van der Waals surface area contributed by atoms with Gasteiger partial charge >= 0.3 is 5.97 Å². The normalized spacial score (nSPS) is 31.4. The summed E-state index contributed by atoms with van der Waals surface area (Å²) in [5, 5.41) is 63.9. The molecule has 1 aromatic rings. The maximum atomic E-state index is 10.9. The number of phenols is 1. The number of carboxylic acid groups (broad SMARTS) is 1. The van der Waals surface area contributed by atoms with Crippen molar-refractivity contribution < 1.29 is 40.2 Å². The third-order valence-corrected chi connectivity index (χ3v) is 3.38. The lowest BCUT2D eigenvalue weighted by Gasteiger charge is -2.37. The van der Waals surface area contributed by atoms with Gasteiger partial charge in [-0.1, -0.05) is 0 Å². The number of ether oxygens (including phenoxy) is 1. The van der Waals surface area contributed by atoms with Gasteiger partial charge in [0.25, 0.3) is 0 Å². The molecule has 1 saturated heterocycles. The fourth-order valence-electron chi connectivity index (χ4n) is 2.10. The lowest BCUT2D eigenvalue weighted by Crippen LogP contribution is -2.57. The molecule has 0 spiro atoms. The number of benzene rings is 1. The topological polar surface area (TPSA) is 172 Å². The zero-order chi connectivity index (χ0) is 17.1. The van der Waals surface area contributed by atoms with Crippen LogP contribution in [0.1, 0.15) is 10.4 Å². The second-order valence-corrected chi connectivity index (χ2v) is 4.94. The Morgan fingerprint density at radius 3 is 2.52 bits per heavy atom. The molecule has 6 N–H and O–H groups in total. The van der Waals surface area contributed by atoms with Crippen molar-refractivity contribution in [2.75, 3.05) is 6.61 Å². The van der Waals surface area contributed by atoms with Crippen LogP contribution in [0.3, 0.4) is 0 Å². The molecule has 0 radical (unpaired) electrons. The summed E-state index contributed by atoms with van der Waals surface area (Å²) in [7, 11) is 0. The van der Waals surface area contributed by atoms with Crippen LogP contribution in [0.15, 0.2) is 28.4 Å². The average molecular weight is 328 g/mol. The highest BCUT2D eigenvalue weighted by Crippen LogP contribution is 2.26. The van der Waals surface area contributed by atoms with Gasteiger partial charge < -0.3 is 35.4 Å². The van der Waals surface area contributed by atoms with E-state index >= 15 is 0 Å². The van der Waals surface area contributed by atoms with Crippen molar-refractivity contribution in [1.29, 1.82) is 0 Å². The summed E-state index contributed by atoms with van der Waals surface area (Å²) in [6.45, 7) is -0.598. The van der Waals surface area contributed by atoms with Crippen molar-refractivity contribution in [1.82, 2.24) is 0 Å². The molecule has 1 aliphatic rings. The minimum atomic E-state index is -1.61. The highest BCUT2D eigenvalue weighted by molar-refractivity contribution is 5.91. The van der Waals surface area contributed by atoms with Crippen molar-refractivity contribution in [2.45, 2.75) is 30.6 Å². The van der Waals surface area contributed by atoms with Crippen LogP contribution in [0, 0.1) is 0 Å². The monoisotopic (exact) mass is 328 g/mol. The second kappa shape index (κ2) is 6.98. The molecular weight excluding hydrogens is 312 g/mol. The SMILES string of the molecule is O=C(O)c1cc(N=N[C@@H]2[C@@H](O)[C@H](O)[C@@H](CO)O[C@H]2O)ccc1O. The van der Waals surface area contributed by atoms with Gasteiger partial charge in [0.2, 0.25) is 0 Å². The Labute approximate surface area is 129 Å². The average Bonchev–Trinajstić information content (AvgIpc) is 2.51. The molecule has 0 unspecified atom stereocenters. The minimum absolute atomic E-state index is 0.0540. The molecular formula is C13H16N2O8. The summed E-state index contributed by atoms with van der Waals surface area (Å²) in [6, 6.07) is 2.12. The van der Waals surface area contributed by atoms with Gasteiger partial charge in [-0.05, 0) is 18.2 Å². The number of carboxylic acids is 1. The zero-order valence-electron chi connectivity index (χ0n) is 11.7. The summed E-state index contributed by atoms with van der Waals surface area (Å²) in [5.74, 6) is -1.81. The first-order valence-corrected chi connectivity index (χ1v) is 6.62. The summed E-state index contributed by atoms with van der Waals surface area (Å²) >= 11 is 0. The van der Waals surface area contributed by atoms with E-state index in [0.717, 1.165) is 12.1 Å². The Balaban J connectivity index is 2.19. The van der Waals surface area contributed by atoms with Gasteiger partial charge in [-0.3, -0.25) is 0 Å². The first kappa shape index (κ1) is 17.2. The number of hydrogen-bond acceptors (Lipinski definition) is 9. The van der Waals surface area contributed by atoms with E-state index in [9.17, 15) is 25.2 Å². The largest absolute Gasteiger partial charge is 0.507 e. The Morgan fingerprint density at radius 1 is 1.22 bits per heavy atom. The summed E-state index contributed by atoms with van der Waals surface area (Å²) in [4.78, 5) is 10.9. The number of aromatic hydroxyl groups is 1. The minimum Gasteiger partial charge on any atom is -0.507 e. The number of rotatable bonds is 4. The second-order valence-electron chi connectivity index (χ2n) is 4.94. The van der Waals surface area contributed by atoms with Gasteiger partial charge in [-0.15, -0.1) is 0 Å². The number of aromatic carboxylic acids is 1. The highest BCUT2D eigenvalue weighted by Gasteiger charge is 2.44. The molecule has 2 rings (SSSR count). The Morgan fingerprint density at radius 2 is 1.91 bits per heavy atom. The number of carbonyl (C=O) groups is 1. The molecule has 1 fully saturated rings. The molecule has 1 aromatic carbocycles. The van der Waals surface area contributed by atoms with E-state index in [-0.39, 0.29) is 11.3 Å². The summed E-state index contributed by atoms with van der Waals surface area (Å²) < 4.78 is 4.91. The van der Waals surface area contributed by atoms with Crippen molar-refractivity contribution >= 4 is 11.7 Å². The number of hydrogen-bond donors (Lipinski definition) is 6. The van der Waals surface area contributed by atoms with Crippen LogP contribution in [-0.4, -0.2) is 73.9 Å². The quantitative estimate of drug-likeness (QED) is 0.381. The van der Waals surface area contributed by atoms with Gasteiger partial charge in [-0.2, -0.15) is 10.2 Å². The van der Waals surface area contributed by atoms with Crippen LogP contribution in [0.4, 0.5) is 5.69 Å². The van der Waals surface area contributed by atoms with Crippen LogP contribution in [0.5, 0.6) is 5.75 Å². The molecule has 126 valence electrons. The van der Waals surface area contributed by atoms with Gasteiger partial charge in [0.15, 0.2) is 12.3 Å². The summed E-state index contributed by atoms with van der Waals surface area (Å²) in [5.41, 5.74) is -0.332. The predicted octanol–water partition coefficient (Wildman–Crippen LogP) is -1.03. The van der Waals surface area contributed by atoms with E-state index in [2.05, 4.69) is 10.2 Å². The van der Waals surface area contributed by atoms with Crippen molar-refractivity contribution in [2.24, 2.45) is 10.2 Å². The summed E-state index contributed by atoms with van der Waals surface area (Å²) in [6.07, 6.45) is -5.76. The number of azo groups is 1. The maximum absolute atomic E-state index is 10.9. The molecule has 0 aromatic heterocycles. The molecule has 23 heavy (non-hydrogen) atoms. The fourth-order valence-corrected chi connectivity index (χ4v) is 2.10. The van der Waals surface area contributed by atoms with Crippen molar-refractivity contribution in [3.8, 4) is 5.75 Å². The molecule has 0 amide bonds. The Kier molecular flexibility index (Phi) is 5.23. The van der Waals surface area contributed by atoms with Crippen molar-refractivity contribution in [3.05, 3.63) is 23.8 Å². The van der Waals surface area contributed by atoms with E-state index in [4.69, 9.17) is 14.9 Å². The highest BCUT2D eigenvalue weighted by atomic mass is 16.6. The van der Waals surface area contributed by atoms with E-state index in [0.29, 0.717) is 0 Å². The molecule has 0 bridgehead atoms. The van der Waals surface area contributed by atoms with Gasteiger partial charge in [0.05, 0.1) is 12.3 Å². The van der Waals surface area contributed by atoms with Crippen LogP contribution in [0.2, 0.25) is 0 Å². The third-order valence-electron chi connectivity index (χ3n) is 3.38. The zero-order valence-corrected chi connectivity index (χ0v) is 11.7. The molecule has 1 aliphatic heterocycles. The smallest absolute Gasteiger partial charge is 0.339 e. The van der Waals surface area contributed by atoms with Crippen LogP contribution >= 0.6 is 0 Å². The Hall–Kier alpha value is -2.11. The van der Waals surface area contributed by atoms with E-state index in [1.165, 1.54) is 6.07 Å². The maximum Gasteiger partial charge on any atom is 0.339 e. The first-order chi connectivity index (χ1) is 10.8. The molecule has 0 saturated carbocycles. The molecule has 10 nitrogen and oxygen atoms in total. The standard InChI is InChI=1S/C13H16N2O8/c16-4-8-10(18)11(19)9(13(22)23-8)15-14-5-1-2-7(17)6(3-5)12(20)21/h1-3,8-11,13,16-19,22H,4H2,(H,20,21)/t8-,9-,10-,11-,13-/m1/s1. The van der Waals surface area contributed by atoms with Crippen molar-refractivity contribution in [3.63, 3.8) is 0 Å². The fraction of sp³-hybridized carbons (Fsp3) is 0.462. The van der Waals surface area contributed by atoms with Gasteiger partial charge in [0, 0.05) is 0 Å². The third kappa shape index (κ3) is 3.63. The lowest BCUT2D eigenvalue weighted by molar-refractivity contribution is -0.249. The Bertz CT molecular complexity index is 608. The van der Waals surface area contributed by atoms with E-state index in [1.807, 2.05) is 0 Å². The predicted molar refractivity (Wildman–Crippen MR) is 73.3 cm³/mol. The molecule has 1 heterocycles.